The van der Waals surface area contributed by atoms with Gasteiger partial charge in [0.1, 0.15) is 17.4 Å². The van der Waals surface area contributed by atoms with Crippen LogP contribution in [0.15, 0.2) is 12.5 Å². The molecule has 0 bridgehead atoms. The molecule has 0 N–H and O–H groups in total. The van der Waals surface area contributed by atoms with Crippen molar-refractivity contribution in [3.05, 3.63) is 17.8 Å². The number of hydrogen-bond donors (Lipinski definition) is 0. The Kier molecular flexibility index (Phi) is 3.46. The Morgan fingerprint density at radius 1 is 1.37 bits per heavy atom. The molecule has 1 atom stereocenters. The molecule has 0 amide bonds. The van der Waals surface area contributed by atoms with E-state index in [1.54, 1.807) is 6.20 Å². The van der Waals surface area contributed by atoms with Gasteiger partial charge in [0.15, 0.2) is 5.82 Å². The summed E-state index contributed by atoms with van der Waals surface area (Å²) in [5.74, 6) is 0.851. The van der Waals surface area contributed by atoms with E-state index in [0.29, 0.717) is 11.6 Å². The van der Waals surface area contributed by atoms with E-state index in [9.17, 15) is 0 Å². The second-order valence-electron chi connectivity index (χ2n) is 4.82. The predicted octanol–water partition coefficient (Wildman–Crippen LogP) is 2.84. The largest absolute Gasteiger partial charge is 0.352 e. The molecule has 1 aliphatic heterocycles. The molecule has 0 aliphatic carbocycles. The van der Waals surface area contributed by atoms with Gasteiger partial charge in [-0.3, -0.25) is 0 Å². The summed E-state index contributed by atoms with van der Waals surface area (Å²) < 4.78 is 0. The minimum absolute atomic E-state index is 0.262. The summed E-state index contributed by atoms with van der Waals surface area (Å²) in [6, 6.07) is 0.512. The fraction of sp³-hybridized carbons (Fsp3) is 0.538. The van der Waals surface area contributed by atoms with Gasteiger partial charge in [0.25, 0.3) is 0 Å². The first-order valence-electron chi connectivity index (χ1n) is 6.69. The minimum atomic E-state index is 0.262. The first-order valence-corrected chi connectivity index (χ1v) is 7.07. The molecule has 3 rings (SSSR count). The molecule has 100 valence electrons. The summed E-state index contributed by atoms with van der Waals surface area (Å²) in [5.41, 5.74) is 1.50. The molecule has 1 aliphatic rings. The van der Waals surface area contributed by atoms with Crippen LogP contribution in [0.25, 0.3) is 11.0 Å². The van der Waals surface area contributed by atoms with E-state index in [2.05, 4.69) is 31.8 Å². The monoisotopic (exact) mass is 277 g/mol. The predicted molar refractivity (Wildman–Crippen MR) is 75.4 cm³/mol. The fourth-order valence-electron chi connectivity index (χ4n) is 2.75. The van der Waals surface area contributed by atoms with E-state index in [0.717, 1.165) is 24.3 Å². The third kappa shape index (κ3) is 2.34. The lowest BCUT2D eigenvalue weighted by molar-refractivity contribution is 0.447. The zero-order chi connectivity index (χ0) is 13.2. The highest BCUT2D eigenvalue weighted by molar-refractivity contribution is 6.28. The van der Waals surface area contributed by atoms with Crippen LogP contribution in [-0.2, 0) is 0 Å². The van der Waals surface area contributed by atoms with Crippen LogP contribution in [0.1, 0.15) is 32.6 Å². The lowest BCUT2D eigenvalue weighted by atomic mass is 10.00. The van der Waals surface area contributed by atoms with E-state index in [-0.39, 0.29) is 5.28 Å². The van der Waals surface area contributed by atoms with Crippen molar-refractivity contribution in [1.29, 1.82) is 0 Å². The lowest BCUT2D eigenvalue weighted by Crippen LogP contribution is -2.40. The summed E-state index contributed by atoms with van der Waals surface area (Å²) in [4.78, 5) is 19.3. The van der Waals surface area contributed by atoms with Crippen LogP contribution in [0.4, 0.5) is 5.82 Å². The van der Waals surface area contributed by atoms with Gasteiger partial charge in [-0.2, -0.15) is 4.98 Å². The van der Waals surface area contributed by atoms with Crippen molar-refractivity contribution >= 4 is 28.5 Å². The molecule has 0 spiro atoms. The number of anilines is 1. The topological polar surface area (TPSA) is 54.8 Å². The number of fused-ring (bicyclic) bond motifs is 1. The first-order chi connectivity index (χ1) is 9.29. The highest BCUT2D eigenvalue weighted by Gasteiger charge is 2.24. The Morgan fingerprint density at radius 2 is 2.26 bits per heavy atom. The van der Waals surface area contributed by atoms with Gasteiger partial charge >= 0.3 is 0 Å². The Hall–Kier alpha value is -1.49. The summed E-state index contributed by atoms with van der Waals surface area (Å²) in [5, 5.41) is 0.262. The van der Waals surface area contributed by atoms with Gasteiger partial charge in [0, 0.05) is 12.6 Å². The van der Waals surface area contributed by atoms with Crippen molar-refractivity contribution in [1.82, 2.24) is 19.9 Å². The molecule has 2 aromatic heterocycles. The molecule has 1 unspecified atom stereocenters. The van der Waals surface area contributed by atoms with E-state index < -0.39 is 0 Å². The summed E-state index contributed by atoms with van der Waals surface area (Å²) in [7, 11) is 0. The van der Waals surface area contributed by atoms with Gasteiger partial charge < -0.3 is 4.90 Å². The maximum Gasteiger partial charge on any atom is 0.225 e. The maximum absolute atomic E-state index is 6.03. The minimum Gasteiger partial charge on any atom is -0.352 e. The number of rotatable bonds is 2. The molecule has 3 heterocycles. The summed E-state index contributed by atoms with van der Waals surface area (Å²) >= 11 is 6.03. The van der Waals surface area contributed by atoms with Crippen LogP contribution in [0, 0.1) is 0 Å². The van der Waals surface area contributed by atoms with Gasteiger partial charge in [0.2, 0.25) is 5.28 Å². The van der Waals surface area contributed by atoms with E-state index >= 15 is 0 Å². The smallest absolute Gasteiger partial charge is 0.225 e. The Balaban J connectivity index is 2.12. The molecule has 0 saturated carbocycles. The second kappa shape index (κ2) is 5.25. The number of aromatic nitrogens is 4. The Bertz CT molecular complexity index is 588. The Labute approximate surface area is 117 Å². The molecule has 1 saturated heterocycles. The van der Waals surface area contributed by atoms with Crippen LogP contribution in [0.2, 0.25) is 5.28 Å². The summed E-state index contributed by atoms with van der Waals surface area (Å²) in [6.45, 7) is 3.22. The standard InChI is InChI=1S/C13H16ClN5/c1-2-9-5-3-4-6-19(9)12-11-10(7-15-8-16-11)17-13(14)18-12/h7-9H,2-6H2,1H3. The Morgan fingerprint density at radius 3 is 3.11 bits per heavy atom. The van der Waals surface area contributed by atoms with E-state index in [1.165, 1.54) is 25.6 Å². The van der Waals surface area contributed by atoms with E-state index in [4.69, 9.17) is 11.6 Å². The highest BCUT2D eigenvalue weighted by atomic mass is 35.5. The molecular formula is C13H16ClN5. The van der Waals surface area contributed by atoms with Crippen molar-refractivity contribution in [3.63, 3.8) is 0 Å². The number of hydrogen-bond acceptors (Lipinski definition) is 5. The van der Waals surface area contributed by atoms with Crippen LogP contribution >= 0.6 is 11.6 Å². The molecule has 5 nitrogen and oxygen atoms in total. The number of nitrogens with zero attached hydrogens (tertiary/aromatic N) is 5. The van der Waals surface area contributed by atoms with Crippen LogP contribution < -0.4 is 4.90 Å². The quantitative estimate of drug-likeness (QED) is 0.790. The summed E-state index contributed by atoms with van der Waals surface area (Å²) in [6.07, 6.45) is 7.99. The fourth-order valence-corrected chi connectivity index (χ4v) is 2.92. The normalized spacial score (nSPS) is 19.9. The number of piperidine rings is 1. The average Bonchev–Trinajstić information content (AvgIpc) is 2.46. The third-order valence-corrected chi connectivity index (χ3v) is 3.86. The first kappa shape index (κ1) is 12.5. The molecule has 6 heteroatoms. The van der Waals surface area contributed by atoms with Crippen molar-refractivity contribution in [2.75, 3.05) is 11.4 Å². The van der Waals surface area contributed by atoms with Crippen molar-refractivity contribution < 1.29 is 0 Å². The average molecular weight is 278 g/mol. The van der Waals surface area contributed by atoms with Gasteiger partial charge in [-0.15, -0.1) is 0 Å². The van der Waals surface area contributed by atoms with Gasteiger partial charge in [-0.05, 0) is 37.3 Å². The van der Waals surface area contributed by atoms with E-state index in [1.807, 2.05) is 0 Å². The van der Waals surface area contributed by atoms with Crippen LogP contribution in [-0.4, -0.2) is 32.5 Å². The van der Waals surface area contributed by atoms with Crippen molar-refractivity contribution in [2.24, 2.45) is 0 Å². The SMILES string of the molecule is CCC1CCCCN1c1nc(Cl)nc2cncnc12. The maximum atomic E-state index is 6.03. The molecule has 0 radical (unpaired) electrons. The van der Waals surface area contributed by atoms with Crippen LogP contribution in [0.3, 0.4) is 0 Å². The van der Waals surface area contributed by atoms with Gasteiger partial charge in [0.05, 0.1) is 6.20 Å². The third-order valence-electron chi connectivity index (χ3n) is 3.69. The molecular weight excluding hydrogens is 262 g/mol. The molecule has 19 heavy (non-hydrogen) atoms. The second-order valence-corrected chi connectivity index (χ2v) is 5.16. The highest BCUT2D eigenvalue weighted by Crippen LogP contribution is 2.29. The molecule has 0 aromatic carbocycles. The molecule has 1 fully saturated rings. The van der Waals surface area contributed by atoms with Crippen LogP contribution in [0.5, 0.6) is 0 Å². The van der Waals surface area contributed by atoms with Gasteiger partial charge in [-0.25, -0.2) is 15.0 Å². The number of halogens is 1. The lowest BCUT2D eigenvalue weighted by Gasteiger charge is -2.36. The molecule has 2 aromatic rings. The van der Waals surface area contributed by atoms with Crippen molar-refractivity contribution in [3.8, 4) is 0 Å². The zero-order valence-electron chi connectivity index (χ0n) is 10.9. The van der Waals surface area contributed by atoms with Crippen molar-refractivity contribution in [2.45, 2.75) is 38.6 Å². The zero-order valence-corrected chi connectivity index (χ0v) is 11.6. The van der Waals surface area contributed by atoms with Gasteiger partial charge in [-0.1, -0.05) is 6.92 Å².